The fourth-order valence-corrected chi connectivity index (χ4v) is 2.27. The number of methoxy groups -OCH3 is 1. The van der Waals surface area contributed by atoms with Crippen molar-refractivity contribution in [2.45, 2.75) is 63.6 Å². The van der Waals surface area contributed by atoms with Crippen molar-refractivity contribution in [1.82, 2.24) is 5.32 Å². The molecule has 3 heteroatoms. The second kappa shape index (κ2) is 5.83. The van der Waals surface area contributed by atoms with Crippen molar-refractivity contribution < 1.29 is 4.74 Å². The summed E-state index contributed by atoms with van der Waals surface area (Å²) in [5.41, 5.74) is 5.90. The Hall–Kier alpha value is -0.120. The van der Waals surface area contributed by atoms with Gasteiger partial charge in [-0.25, -0.2) is 0 Å². The van der Waals surface area contributed by atoms with Crippen LogP contribution in [-0.2, 0) is 4.74 Å². The van der Waals surface area contributed by atoms with E-state index in [1.54, 1.807) is 0 Å². The zero-order valence-corrected chi connectivity index (χ0v) is 10.4. The largest absolute Gasteiger partial charge is 0.380 e. The number of rotatable bonds is 6. The van der Waals surface area contributed by atoms with Gasteiger partial charge < -0.3 is 15.8 Å². The van der Waals surface area contributed by atoms with Crippen LogP contribution in [0.1, 0.15) is 46.0 Å². The Morgan fingerprint density at radius 1 is 1.40 bits per heavy atom. The van der Waals surface area contributed by atoms with E-state index in [1.165, 1.54) is 19.3 Å². The first kappa shape index (κ1) is 12.9. The molecule has 0 aromatic rings. The van der Waals surface area contributed by atoms with Crippen molar-refractivity contribution in [2.75, 3.05) is 13.7 Å². The van der Waals surface area contributed by atoms with E-state index in [9.17, 15) is 0 Å². The fourth-order valence-electron chi connectivity index (χ4n) is 2.27. The fraction of sp³-hybridized carbons (Fsp3) is 1.00. The molecule has 1 aliphatic carbocycles. The molecular weight excluding hydrogens is 188 g/mol. The molecule has 0 bridgehead atoms. The number of ether oxygens (including phenoxy) is 1. The Bertz CT molecular complexity index is 177. The third-order valence-electron chi connectivity index (χ3n) is 3.16. The average Bonchev–Trinajstić information content (AvgIpc) is 2.58. The van der Waals surface area contributed by atoms with Gasteiger partial charge in [0.15, 0.2) is 0 Å². The number of nitrogens with two attached hydrogens (primary N) is 1. The van der Waals surface area contributed by atoms with Crippen molar-refractivity contribution in [1.29, 1.82) is 0 Å². The van der Waals surface area contributed by atoms with Crippen LogP contribution in [0, 0.1) is 0 Å². The summed E-state index contributed by atoms with van der Waals surface area (Å²) >= 11 is 0. The molecule has 90 valence electrons. The van der Waals surface area contributed by atoms with Crippen LogP contribution in [0.3, 0.4) is 0 Å². The summed E-state index contributed by atoms with van der Waals surface area (Å²) in [6.45, 7) is 5.23. The summed E-state index contributed by atoms with van der Waals surface area (Å²) in [6.07, 6.45) is 6.40. The first-order valence-corrected chi connectivity index (χ1v) is 6.08. The summed E-state index contributed by atoms with van der Waals surface area (Å²) in [5.74, 6) is 0. The lowest BCUT2D eigenvalue weighted by Crippen LogP contribution is -2.38. The Balaban J connectivity index is 2.09. The molecule has 1 fully saturated rings. The predicted molar refractivity (Wildman–Crippen MR) is 63.9 cm³/mol. The predicted octanol–water partition coefficient (Wildman–Crippen LogP) is 1.66. The SMILES string of the molecule is COC1CCCC1NCCCC(C)(C)N. The monoisotopic (exact) mass is 214 g/mol. The first-order chi connectivity index (χ1) is 7.03. The second-order valence-corrected chi connectivity index (χ2v) is 5.36. The van der Waals surface area contributed by atoms with Crippen LogP contribution in [0.2, 0.25) is 0 Å². The van der Waals surface area contributed by atoms with Gasteiger partial charge in [-0.1, -0.05) is 0 Å². The lowest BCUT2D eigenvalue weighted by atomic mass is 10.00. The summed E-state index contributed by atoms with van der Waals surface area (Å²) in [4.78, 5) is 0. The van der Waals surface area contributed by atoms with Crippen molar-refractivity contribution in [3.05, 3.63) is 0 Å². The molecule has 0 heterocycles. The van der Waals surface area contributed by atoms with Gasteiger partial charge in [0.05, 0.1) is 6.10 Å². The minimum Gasteiger partial charge on any atom is -0.380 e. The molecule has 0 amide bonds. The van der Waals surface area contributed by atoms with Gasteiger partial charge in [0.1, 0.15) is 0 Å². The van der Waals surface area contributed by atoms with E-state index in [4.69, 9.17) is 10.5 Å². The molecule has 15 heavy (non-hydrogen) atoms. The smallest absolute Gasteiger partial charge is 0.0724 e. The summed E-state index contributed by atoms with van der Waals surface area (Å²) in [6, 6.07) is 0.566. The van der Waals surface area contributed by atoms with Gasteiger partial charge >= 0.3 is 0 Å². The minimum absolute atomic E-state index is 0.0297. The summed E-state index contributed by atoms with van der Waals surface area (Å²) in [7, 11) is 1.81. The maximum Gasteiger partial charge on any atom is 0.0724 e. The van der Waals surface area contributed by atoms with Crippen molar-refractivity contribution in [2.24, 2.45) is 5.73 Å². The highest BCUT2D eigenvalue weighted by atomic mass is 16.5. The Labute approximate surface area is 93.8 Å². The molecule has 1 aliphatic rings. The van der Waals surface area contributed by atoms with E-state index in [-0.39, 0.29) is 5.54 Å². The summed E-state index contributed by atoms with van der Waals surface area (Å²) in [5, 5.41) is 3.57. The van der Waals surface area contributed by atoms with Gasteiger partial charge in [-0.3, -0.25) is 0 Å². The van der Waals surface area contributed by atoms with Crippen LogP contribution < -0.4 is 11.1 Å². The van der Waals surface area contributed by atoms with Crippen LogP contribution >= 0.6 is 0 Å². The van der Waals surface area contributed by atoms with Crippen molar-refractivity contribution in [3.8, 4) is 0 Å². The zero-order chi connectivity index (χ0) is 11.3. The van der Waals surface area contributed by atoms with Crippen LogP contribution in [0.15, 0.2) is 0 Å². The highest BCUT2D eigenvalue weighted by molar-refractivity contribution is 4.84. The molecule has 1 rings (SSSR count). The highest BCUT2D eigenvalue weighted by Gasteiger charge is 2.26. The molecule has 0 aromatic carbocycles. The normalized spacial score (nSPS) is 27.2. The molecule has 0 saturated heterocycles. The average molecular weight is 214 g/mol. The molecule has 3 N–H and O–H groups in total. The van der Waals surface area contributed by atoms with Crippen molar-refractivity contribution in [3.63, 3.8) is 0 Å². The van der Waals surface area contributed by atoms with Crippen molar-refractivity contribution >= 4 is 0 Å². The van der Waals surface area contributed by atoms with Gasteiger partial charge in [-0.05, 0) is 52.5 Å². The molecule has 0 spiro atoms. The van der Waals surface area contributed by atoms with Crippen LogP contribution in [-0.4, -0.2) is 31.3 Å². The molecule has 1 saturated carbocycles. The van der Waals surface area contributed by atoms with Gasteiger partial charge in [0.25, 0.3) is 0 Å². The quantitative estimate of drug-likeness (QED) is 0.661. The number of nitrogens with one attached hydrogen (secondary N) is 1. The molecule has 0 aromatic heterocycles. The maximum atomic E-state index is 5.93. The molecule has 0 aliphatic heterocycles. The van der Waals surface area contributed by atoms with Gasteiger partial charge in [-0.15, -0.1) is 0 Å². The summed E-state index contributed by atoms with van der Waals surface area (Å²) < 4.78 is 5.43. The van der Waals surface area contributed by atoms with Gasteiger partial charge in [0.2, 0.25) is 0 Å². The Morgan fingerprint density at radius 2 is 2.13 bits per heavy atom. The van der Waals surface area contributed by atoms with Crippen LogP contribution in [0.25, 0.3) is 0 Å². The van der Waals surface area contributed by atoms with Gasteiger partial charge in [0, 0.05) is 18.7 Å². The highest BCUT2D eigenvalue weighted by Crippen LogP contribution is 2.21. The van der Waals surface area contributed by atoms with Crippen LogP contribution in [0.4, 0.5) is 0 Å². The van der Waals surface area contributed by atoms with E-state index in [0.717, 1.165) is 19.4 Å². The Morgan fingerprint density at radius 3 is 2.73 bits per heavy atom. The lowest BCUT2D eigenvalue weighted by Gasteiger charge is -2.22. The standard InChI is InChI=1S/C12H26N2O/c1-12(2,13)8-5-9-14-10-6-4-7-11(10)15-3/h10-11,14H,4-9,13H2,1-3H3. The van der Waals surface area contributed by atoms with Gasteiger partial charge in [-0.2, -0.15) is 0 Å². The van der Waals surface area contributed by atoms with E-state index >= 15 is 0 Å². The molecule has 3 nitrogen and oxygen atoms in total. The zero-order valence-electron chi connectivity index (χ0n) is 10.4. The Kier molecular flexibility index (Phi) is 5.03. The van der Waals surface area contributed by atoms with E-state index in [2.05, 4.69) is 19.2 Å². The molecule has 2 unspecified atom stereocenters. The van der Waals surface area contributed by atoms with E-state index in [0.29, 0.717) is 12.1 Å². The molecule has 2 atom stereocenters. The topological polar surface area (TPSA) is 47.3 Å². The third-order valence-corrected chi connectivity index (χ3v) is 3.16. The third kappa shape index (κ3) is 4.96. The molecular formula is C12H26N2O. The van der Waals surface area contributed by atoms with Crippen LogP contribution in [0.5, 0.6) is 0 Å². The second-order valence-electron chi connectivity index (χ2n) is 5.36. The maximum absolute atomic E-state index is 5.93. The first-order valence-electron chi connectivity index (χ1n) is 6.08. The number of hydrogen-bond acceptors (Lipinski definition) is 3. The lowest BCUT2D eigenvalue weighted by molar-refractivity contribution is 0.0851. The van der Waals surface area contributed by atoms with E-state index in [1.807, 2.05) is 7.11 Å². The van der Waals surface area contributed by atoms with E-state index < -0.39 is 0 Å². The molecule has 0 radical (unpaired) electrons. The minimum atomic E-state index is -0.0297. The number of hydrogen-bond donors (Lipinski definition) is 2.